The number of rotatable bonds is 3. The Hall–Kier alpha value is -2.14. The van der Waals surface area contributed by atoms with Crippen LogP contribution < -0.4 is 0 Å². The molecular weight excluding hydrogens is 282 g/mol. The molecule has 0 atom stereocenters. The summed E-state index contributed by atoms with van der Waals surface area (Å²) >= 11 is 1.56. The lowest BCUT2D eigenvalue weighted by atomic mass is 10.1. The van der Waals surface area contributed by atoms with Gasteiger partial charge in [-0.3, -0.25) is 9.48 Å². The molecule has 0 fully saturated rings. The number of fused-ring (bicyclic) bond motifs is 1. The van der Waals surface area contributed by atoms with Crippen LogP contribution in [0.2, 0.25) is 0 Å². The second-order valence-electron chi connectivity index (χ2n) is 5.24. The van der Waals surface area contributed by atoms with Crippen LogP contribution in [-0.2, 0) is 13.6 Å². The van der Waals surface area contributed by atoms with Crippen molar-refractivity contribution in [3.05, 3.63) is 52.7 Å². The molecule has 3 aromatic rings. The molecule has 0 saturated heterocycles. The number of amides is 1. The summed E-state index contributed by atoms with van der Waals surface area (Å²) in [4.78, 5) is 15.2. The van der Waals surface area contributed by atoms with Gasteiger partial charge in [-0.05, 0) is 23.9 Å². The Bertz CT molecular complexity index is 803. The van der Waals surface area contributed by atoms with E-state index < -0.39 is 0 Å². The van der Waals surface area contributed by atoms with Crippen molar-refractivity contribution < 1.29 is 4.79 Å². The molecule has 1 aromatic carbocycles. The lowest BCUT2D eigenvalue weighted by Gasteiger charge is -2.15. The average Bonchev–Trinajstić information content (AvgIpc) is 3.03. The SMILES string of the molecule is Cc1c(C(=O)N(C)Cc2cnn(C)c2)sc2ccccc12. The standard InChI is InChI=1S/C16H17N3OS/c1-11-13-6-4-5-7-14(13)21-15(11)16(20)18(2)9-12-8-17-19(3)10-12/h4-8,10H,9H2,1-3H3. The molecule has 0 bridgehead atoms. The van der Waals surface area contributed by atoms with Gasteiger partial charge in [-0.2, -0.15) is 5.10 Å². The van der Waals surface area contributed by atoms with E-state index in [0.29, 0.717) is 6.54 Å². The summed E-state index contributed by atoms with van der Waals surface area (Å²) in [5.41, 5.74) is 2.10. The van der Waals surface area contributed by atoms with Gasteiger partial charge in [-0.15, -0.1) is 11.3 Å². The summed E-state index contributed by atoms with van der Waals surface area (Å²) in [6.07, 6.45) is 3.73. The van der Waals surface area contributed by atoms with Crippen LogP contribution in [0.5, 0.6) is 0 Å². The van der Waals surface area contributed by atoms with Gasteiger partial charge in [0.05, 0.1) is 11.1 Å². The van der Waals surface area contributed by atoms with E-state index in [1.165, 1.54) is 5.39 Å². The Balaban J connectivity index is 1.87. The van der Waals surface area contributed by atoms with E-state index in [-0.39, 0.29) is 5.91 Å². The van der Waals surface area contributed by atoms with Gasteiger partial charge in [0, 0.05) is 37.1 Å². The minimum absolute atomic E-state index is 0.0672. The molecule has 108 valence electrons. The molecule has 0 saturated carbocycles. The van der Waals surface area contributed by atoms with E-state index >= 15 is 0 Å². The molecule has 3 rings (SSSR count). The second kappa shape index (κ2) is 5.33. The van der Waals surface area contributed by atoms with E-state index in [1.807, 2.05) is 39.3 Å². The molecule has 0 aliphatic rings. The molecule has 0 spiro atoms. The van der Waals surface area contributed by atoms with Crippen molar-refractivity contribution >= 4 is 27.3 Å². The van der Waals surface area contributed by atoms with Gasteiger partial charge in [-0.25, -0.2) is 0 Å². The lowest BCUT2D eigenvalue weighted by molar-refractivity contribution is 0.0789. The zero-order chi connectivity index (χ0) is 15.0. The highest BCUT2D eigenvalue weighted by Crippen LogP contribution is 2.31. The Labute approximate surface area is 127 Å². The zero-order valence-electron chi connectivity index (χ0n) is 12.3. The number of carbonyl (C=O) groups is 1. The van der Waals surface area contributed by atoms with Crippen molar-refractivity contribution in [2.24, 2.45) is 7.05 Å². The third kappa shape index (κ3) is 2.56. The van der Waals surface area contributed by atoms with Crippen LogP contribution in [0.15, 0.2) is 36.7 Å². The van der Waals surface area contributed by atoms with Crippen LogP contribution >= 0.6 is 11.3 Å². The molecule has 2 heterocycles. The molecule has 5 heteroatoms. The number of aromatic nitrogens is 2. The first-order valence-electron chi connectivity index (χ1n) is 6.77. The molecule has 1 amide bonds. The predicted octanol–water partition coefficient (Wildman–Crippen LogP) is 3.22. The highest BCUT2D eigenvalue weighted by Gasteiger charge is 2.19. The Morgan fingerprint density at radius 2 is 2.14 bits per heavy atom. The molecule has 0 aliphatic carbocycles. The highest BCUT2D eigenvalue weighted by atomic mass is 32.1. The molecule has 0 N–H and O–H groups in total. The molecule has 0 aliphatic heterocycles. The summed E-state index contributed by atoms with van der Waals surface area (Å²) in [5, 5.41) is 5.30. The Morgan fingerprint density at radius 3 is 2.81 bits per heavy atom. The van der Waals surface area contributed by atoms with Crippen molar-refractivity contribution in [1.82, 2.24) is 14.7 Å². The average molecular weight is 299 g/mol. The van der Waals surface area contributed by atoms with E-state index in [1.54, 1.807) is 27.1 Å². The third-order valence-corrected chi connectivity index (χ3v) is 4.82. The number of nitrogens with zero attached hydrogens (tertiary/aromatic N) is 3. The fourth-order valence-corrected chi connectivity index (χ4v) is 3.65. The van der Waals surface area contributed by atoms with Gasteiger partial charge in [0.25, 0.3) is 5.91 Å². The van der Waals surface area contributed by atoms with E-state index in [4.69, 9.17) is 0 Å². The summed E-state index contributed by atoms with van der Waals surface area (Å²) in [5.74, 6) is 0.0672. The third-order valence-electron chi connectivity index (χ3n) is 3.56. The first-order valence-corrected chi connectivity index (χ1v) is 7.59. The van der Waals surface area contributed by atoms with E-state index in [2.05, 4.69) is 17.2 Å². The van der Waals surface area contributed by atoms with Gasteiger partial charge in [0.15, 0.2) is 0 Å². The first-order chi connectivity index (χ1) is 10.1. The van der Waals surface area contributed by atoms with Crippen LogP contribution in [0, 0.1) is 6.92 Å². The fourth-order valence-electron chi connectivity index (χ4n) is 2.45. The monoisotopic (exact) mass is 299 g/mol. The maximum absolute atomic E-state index is 12.7. The van der Waals surface area contributed by atoms with Crippen LogP contribution in [0.3, 0.4) is 0 Å². The van der Waals surface area contributed by atoms with Gasteiger partial charge < -0.3 is 4.90 Å². The quantitative estimate of drug-likeness (QED) is 0.745. The highest BCUT2D eigenvalue weighted by molar-refractivity contribution is 7.21. The number of hydrogen-bond acceptors (Lipinski definition) is 3. The minimum Gasteiger partial charge on any atom is -0.337 e. The largest absolute Gasteiger partial charge is 0.337 e. The van der Waals surface area contributed by atoms with E-state index in [9.17, 15) is 4.79 Å². The van der Waals surface area contributed by atoms with Crippen molar-refractivity contribution in [2.75, 3.05) is 7.05 Å². The number of hydrogen-bond donors (Lipinski definition) is 0. The number of aryl methyl sites for hydroxylation is 2. The molecular formula is C16H17N3OS. The van der Waals surface area contributed by atoms with Crippen LogP contribution in [0.1, 0.15) is 20.8 Å². The Kier molecular flexibility index (Phi) is 3.51. The van der Waals surface area contributed by atoms with Gasteiger partial charge in [-0.1, -0.05) is 18.2 Å². The fraction of sp³-hybridized carbons (Fsp3) is 0.250. The van der Waals surface area contributed by atoms with Gasteiger partial charge in [0.2, 0.25) is 0 Å². The van der Waals surface area contributed by atoms with Crippen molar-refractivity contribution in [1.29, 1.82) is 0 Å². The minimum atomic E-state index is 0.0672. The maximum Gasteiger partial charge on any atom is 0.264 e. The molecule has 2 aromatic heterocycles. The molecule has 21 heavy (non-hydrogen) atoms. The molecule has 0 unspecified atom stereocenters. The summed E-state index contributed by atoms with van der Waals surface area (Å²) in [7, 11) is 3.71. The summed E-state index contributed by atoms with van der Waals surface area (Å²) < 4.78 is 2.91. The smallest absolute Gasteiger partial charge is 0.264 e. The topological polar surface area (TPSA) is 38.1 Å². The Morgan fingerprint density at radius 1 is 1.38 bits per heavy atom. The molecule has 0 radical (unpaired) electrons. The first kappa shape index (κ1) is 13.8. The maximum atomic E-state index is 12.7. The van der Waals surface area contributed by atoms with Crippen LogP contribution in [0.4, 0.5) is 0 Å². The van der Waals surface area contributed by atoms with Crippen LogP contribution in [0.25, 0.3) is 10.1 Å². The zero-order valence-corrected chi connectivity index (χ0v) is 13.1. The lowest BCUT2D eigenvalue weighted by Crippen LogP contribution is -2.25. The predicted molar refractivity (Wildman–Crippen MR) is 85.6 cm³/mol. The van der Waals surface area contributed by atoms with Gasteiger partial charge in [0.1, 0.15) is 0 Å². The van der Waals surface area contributed by atoms with Crippen LogP contribution in [-0.4, -0.2) is 27.6 Å². The van der Waals surface area contributed by atoms with Crippen molar-refractivity contribution in [3.63, 3.8) is 0 Å². The summed E-state index contributed by atoms with van der Waals surface area (Å²) in [6, 6.07) is 8.14. The van der Waals surface area contributed by atoms with Gasteiger partial charge >= 0.3 is 0 Å². The number of carbonyl (C=O) groups excluding carboxylic acids is 1. The number of benzene rings is 1. The van der Waals surface area contributed by atoms with Crippen molar-refractivity contribution in [2.45, 2.75) is 13.5 Å². The number of thiophene rings is 1. The second-order valence-corrected chi connectivity index (χ2v) is 6.29. The van der Waals surface area contributed by atoms with E-state index in [0.717, 1.165) is 20.7 Å². The normalized spacial score (nSPS) is 11.0. The molecule has 4 nitrogen and oxygen atoms in total. The summed E-state index contributed by atoms with van der Waals surface area (Å²) in [6.45, 7) is 2.59. The van der Waals surface area contributed by atoms with Crippen molar-refractivity contribution in [3.8, 4) is 0 Å².